The summed E-state index contributed by atoms with van der Waals surface area (Å²) in [6, 6.07) is 24.4. The Labute approximate surface area is 215 Å². The quantitative estimate of drug-likeness (QED) is 0.302. The number of carboxylic acid groups (broad SMARTS) is 1. The van der Waals surface area contributed by atoms with E-state index in [4.69, 9.17) is 10.8 Å². The summed E-state index contributed by atoms with van der Waals surface area (Å²) >= 11 is 0. The Morgan fingerprint density at radius 1 is 0.757 bits per heavy atom. The smallest absolute Gasteiger partial charge is 0.303 e. The molecule has 0 saturated heterocycles. The first-order valence-corrected chi connectivity index (χ1v) is 12.1. The third kappa shape index (κ3) is 8.31. The van der Waals surface area contributed by atoms with E-state index in [-0.39, 0.29) is 19.3 Å². The van der Waals surface area contributed by atoms with Crippen LogP contribution in [0.1, 0.15) is 31.7 Å². The van der Waals surface area contributed by atoms with Gasteiger partial charge in [0.2, 0.25) is 17.7 Å². The van der Waals surface area contributed by atoms with Crippen molar-refractivity contribution in [3.05, 3.63) is 84.4 Å². The second-order valence-corrected chi connectivity index (χ2v) is 8.83. The molecule has 2 atom stereocenters. The molecule has 3 aromatic rings. The molecule has 0 saturated carbocycles. The van der Waals surface area contributed by atoms with Gasteiger partial charge in [0.1, 0.15) is 12.1 Å². The highest BCUT2D eigenvalue weighted by atomic mass is 16.4. The lowest BCUT2D eigenvalue weighted by molar-refractivity contribution is -0.138. The summed E-state index contributed by atoms with van der Waals surface area (Å²) in [6.45, 7) is 1.41. The molecule has 3 amide bonds. The number of hydrogen-bond acceptors (Lipinski definition) is 4. The number of nitrogens with two attached hydrogens (primary N) is 1. The van der Waals surface area contributed by atoms with Crippen LogP contribution in [0.25, 0.3) is 22.3 Å². The lowest BCUT2D eigenvalue weighted by Gasteiger charge is -2.19. The predicted molar refractivity (Wildman–Crippen MR) is 141 cm³/mol. The van der Waals surface area contributed by atoms with Gasteiger partial charge in [0.05, 0.1) is 0 Å². The highest BCUT2D eigenvalue weighted by Gasteiger charge is 2.24. The fourth-order valence-electron chi connectivity index (χ4n) is 3.80. The van der Waals surface area contributed by atoms with Crippen molar-refractivity contribution in [3.8, 4) is 22.3 Å². The van der Waals surface area contributed by atoms with E-state index >= 15 is 0 Å². The van der Waals surface area contributed by atoms with Crippen LogP contribution in [0.15, 0.2) is 78.9 Å². The standard InChI is InChI=1S/C29H31N3O5/c1-19(28(30)36)31-29(37)25(16-18-27(34)35)32-26(33)17-9-20-7-10-22(11-8-20)24-14-12-23(13-15-24)21-5-3-2-4-6-21/h2-8,10-15,19,25H,9,16-18H2,1H3,(H2,30,36)(H,31,37)(H,32,33)(H,34,35). The van der Waals surface area contributed by atoms with E-state index < -0.39 is 35.8 Å². The maximum absolute atomic E-state index is 12.5. The van der Waals surface area contributed by atoms with Gasteiger partial charge in [0, 0.05) is 12.8 Å². The van der Waals surface area contributed by atoms with Crippen molar-refractivity contribution in [2.45, 2.75) is 44.7 Å². The summed E-state index contributed by atoms with van der Waals surface area (Å²) < 4.78 is 0. The number of primary amides is 1. The summed E-state index contributed by atoms with van der Waals surface area (Å²) in [4.78, 5) is 47.1. The van der Waals surface area contributed by atoms with E-state index in [1.54, 1.807) is 0 Å². The molecular formula is C29H31N3O5. The third-order valence-corrected chi connectivity index (χ3v) is 6.00. The molecule has 0 aliphatic heterocycles. The van der Waals surface area contributed by atoms with Crippen molar-refractivity contribution in [2.24, 2.45) is 5.73 Å². The summed E-state index contributed by atoms with van der Waals surface area (Å²) in [7, 11) is 0. The van der Waals surface area contributed by atoms with Crippen LogP contribution >= 0.6 is 0 Å². The first-order valence-electron chi connectivity index (χ1n) is 12.1. The lowest BCUT2D eigenvalue weighted by Crippen LogP contribution is -2.52. The van der Waals surface area contributed by atoms with Crippen LogP contribution in [0, 0.1) is 0 Å². The number of rotatable bonds is 12. The van der Waals surface area contributed by atoms with Crippen LogP contribution in [-0.4, -0.2) is 40.9 Å². The van der Waals surface area contributed by atoms with Gasteiger partial charge in [-0.15, -0.1) is 0 Å². The number of aliphatic carboxylic acids is 1. The number of benzene rings is 3. The van der Waals surface area contributed by atoms with Gasteiger partial charge >= 0.3 is 5.97 Å². The van der Waals surface area contributed by atoms with E-state index in [1.807, 2.05) is 42.5 Å². The van der Waals surface area contributed by atoms with Crippen molar-refractivity contribution in [1.82, 2.24) is 10.6 Å². The highest BCUT2D eigenvalue weighted by Crippen LogP contribution is 2.25. The first kappa shape index (κ1) is 27.1. The molecule has 3 aromatic carbocycles. The largest absolute Gasteiger partial charge is 0.481 e. The van der Waals surface area contributed by atoms with Crippen molar-refractivity contribution >= 4 is 23.7 Å². The fraction of sp³-hybridized carbons (Fsp3) is 0.241. The third-order valence-electron chi connectivity index (χ3n) is 6.00. The Morgan fingerprint density at radius 2 is 1.27 bits per heavy atom. The van der Waals surface area contributed by atoms with Gasteiger partial charge in [-0.05, 0) is 47.6 Å². The topological polar surface area (TPSA) is 139 Å². The average Bonchev–Trinajstić information content (AvgIpc) is 2.90. The summed E-state index contributed by atoms with van der Waals surface area (Å²) in [5.74, 6) is -2.86. The SMILES string of the molecule is CC(NC(=O)C(CCC(=O)O)NC(=O)CCc1ccc(-c2ccc(-c3ccccc3)cc2)cc1)C(N)=O. The minimum atomic E-state index is -1.09. The van der Waals surface area contributed by atoms with Crippen molar-refractivity contribution in [3.63, 3.8) is 0 Å². The maximum atomic E-state index is 12.5. The minimum absolute atomic E-state index is 0.101. The molecule has 0 aliphatic rings. The van der Waals surface area contributed by atoms with Crippen LogP contribution in [-0.2, 0) is 25.6 Å². The first-order chi connectivity index (χ1) is 17.7. The number of nitrogens with one attached hydrogen (secondary N) is 2. The molecule has 37 heavy (non-hydrogen) atoms. The zero-order chi connectivity index (χ0) is 26.8. The Morgan fingerprint density at radius 3 is 1.78 bits per heavy atom. The Kier molecular flexibility index (Phi) is 9.55. The molecule has 2 unspecified atom stereocenters. The number of carbonyl (C=O) groups is 4. The van der Waals surface area contributed by atoms with Gasteiger partial charge in [-0.3, -0.25) is 19.2 Å². The van der Waals surface area contributed by atoms with E-state index in [0.717, 1.165) is 27.8 Å². The highest BCUT2D eigenvalue weighted by molar-refractivity contribution is 5.91. The second kappa shape index (κ2) is 13.0. The second-order valence-electron chi connectivity index (χ2n) is 8.83. The maximum Gasteiger partial charge on any atom is 0.303 e. The zero-order valence-corrected chi connectivity index (χ0v) is 20.6. The van der Waals surface area contributed by atoms with Gasteiger partial charge in [-0.2, -0.15) is 0 Å². The van der Waals surface area contributed by atoms with Gasteiger partial charge in [-0.25, -0.2) is 0 Å². The molecule has 0 heterocycles. The van der Waals surface area contributed by atoms with Gasteiger partial charge in [0.25, 0.3) is 0 Å². The molecule has 0 radical (unpaired) electrons. The number of hydrogen-bond donors (Lipinski definition) is 4. The van der Waals surface area contributed by atoms with Crippen LogP contribution in [0.3, 0.4) is 0 Å². The Bertz CT molecular complexity index is 1220. The average molecular weight is 502 g/mol. The van der Waals surface area contributed by atoms with Gasteiger partial charge in [0.15, 0.2) is 0 Å². The molecule has 5 N–H and O–H groups in total. The van der Waals surface area contributed by atoms with Crippen molar-refractivity contribution < 1.29 is 24.3 Å². The van der Waals surface area contributed by atoms with E-state index in [1.165, 1.54) is 6.92 Å². The summed E-state index contributed by atoms with van der Waals surface area (Å²) in [5, 5.41) is 13.9. The molecule has 0 fully saturated rings. The number of amides is 3. The van der Waals surface area contributed by atoms with Gasteiger partial charge in [-0.1, -0.05) is 78.9 Å². The van der Waals surface area contributed by atoms with Crippen LogP contribution in [0.2, 0.25) is 0 Å². The van der Waals surface area contributed by atoms with E-state index in [2.05, 4.69) is 47.0 Å². The number of carbonyl (C=O) groups excluding carboxylic acids is 3. The normalized spacial score (nSPS) is 12.2. The molecule has 0 aliphatic carbocycles. The van der Waals surface area contributed by atoms with E-state index in [9.17, 15) is 19.2 Å². The molecule has 8 heteroatoms. The molecule has 0 spiro atoms. The predicted octanol–water partition coefficient (Wildman–Crippen LogP) is 3.29. The van der Waals surface area contributed by atoms with Gasteiger partial charge < -0.3 is 21.5 Å². The molecule has 0 bridgehead atoms. The molecule has 8 nitrogen and oxygen atoms in total. The summed E-state index contributed by atoms with van der Waals surface area (Å²) in [5.41, 5.74) is 10.6. The Hall–Kier alpha value is -4.46. The van der Waals surface area contributed by atoms with Crippen LogP contribution in [0.5, 0.6) is 0 Å². The molecule has 192 valence electrons. The summed E-state index contributed by atoms with van der Waals surface area (Å²) in [6.07, 6.45) is 0.157. The Balaban J connectivity index is 1.56. The number of aryl methyl sites for hydroxylation is 1. The monoisotopic (exact) mass is 501 g/mol. The van der Waals surface area contributed by atoms with E-state index in [0.29, 0.717) is 6.42 Å². The van der Waals surface area contributed by atoms with Crippen molar-refractivity contribution in [2.75, 3.05) is 0 Å². The molecule has 0 aromatic heterocycles. The van der Waals surface area contributed by atoms with Crippen LogP contribution in [0.4, 0.5) is 0 Å². The zero-order valence-electron chi connectivity index (χ0n) is 20.6. The molecule has 3 rings (SSSR count). The van der Waals surface area contributed by atoms with Crippen molar-refractivity contribution in [1.29, 1.82) is 0 Å². The number of carboxylic acids is 1. The fourth-order valence-corrected chi connectivity index (χ4v) is 3.80. The molecular weight excluding hydrogens is 470 g/mol. The van der Waals surface area contributed by atoms with Crippen LogP contribution < -0.4 is 16.4 Å². The minimum Gasteiger partial charge on any atom is -0.481 e. The lowest BCUT2D eigenvalue weighted by atomic mass is 9.99.